The number of nitrogens with one attached hydrogen (secondary N) is 1. The van der Waals surface area contributed by atoms with Crippen LogP contribution in [0, 0.1) is 0 Å². The summed E-state index contributed by atoms with van der Waals surface area (Å²) in [6, 6.07) is 9.04. The SMILES string of the molecule is C=CC(=O)N1CCSCC1c1cc(Cl)cc(-c2cc[nH]c(=O)c2)c1. The molecule has 2 aromatic rings. The fraction of sp³-hybridized carbons (Fsp3) is 0.222. The Morgan fingerprint density at radius 2 is 2.17 bits per heavy atom. The summed E-state index contributed by atoms with van der Waals surface area (Å²) in [6.07, 6.45) is 2.97. The number of nitrogens with zero attached hydrogens (tertiary/aromatic N) is 1. The normalized spacial score (nSPS) is 17.5. The molecule has 0 aliphatic carbocycles. The van der Waals surface area contributed by atoms with Crippen molar-refractivity contribution in [3.8, 4) is 11.1 Å². The minimum absolute atomic E-state index is 0.0475. The molecule has 24 heavy (non-hydrogen) atoms. The lowest BCUT2D eigenvalue weighted by Gasteiger charge is -2.35. The number of halogens is 1. The van der Waals surface area contributed by atoms with Crippen LogP contribution in [0.3, 0.4) is 0 Å². The first-order chi connectivity index (χ1) is 11.6. The molecule has 1 unspecified atom stereocenters. The molecule has 0 saturated carbocycles. The van der Waals surface area contributed by atoms with Crippen molar-refractivity contribution in [2.75, 3.05) is 18.1 Å². The maximum absolute atomic E-state index is 12.2. The molecule has 1 amide bonds. The number of rotatable bonds is 3. The highest BCUT2D eigenvalue weighted by atomic mass is 35.5. The second-order valence-corrected chi connectivity index (χ2v) is 7.13. The van der Waals surface area contributed by atoms with Gasteiger partial charge in [-0.15, -0.1) is 0 Å². The number of carbonyl (C=O) groups excluding carboxylic acids is 1. The average Bonchev–Trinajstić information content (AvgIpc) is 2.60. The van der Waals surface area contributed by atoms with E-state index >= 15 is 0 Å². The van der Waals surface area contributed by atoms with E-state index in [1.807, 2.05) is 40.9 Å². The number of hydrogen-bond donors (Lipinski definition) is 1. The number of thioether (sulfide) groups is 1. The second-order valence-electron chi connectivity index (χ2n) is 5.54. The third kappa shape index (κ3) is 3.57. The van der Waals surface area contributed by atoms with Crippen LogP contribution in [0.25, 0.3) is 11.1 Å². The number of benzene rings is 1. The molecule has 0 spiro atoms. The summed E-state index contributed by atoms with van der Waals surface area (Å²) in [7, 11) is 0. The Labute approximate surface area is 149 Å². The first-order valence-electron chi connectivity index (χ1n) is 7.59. The van der Waals surface area contributed by atoms with Crippen molar-refractivity contribution in [2.24, 2.45) is 0 Å². The smallest absolute Gasteiger partial charge is 0.248 e. The van der Waals surface area contributed by atoms with Gasteiger partial charge in [-0.25, -0.2) is 0 Å². The van der Waals surface area contributed by atoms with E-state index in [2.05, 4.69) is 11.6 Å². The van der Waals surface area contributed by atoms with Crippen molar-refractivity contribution in [1.29, 1.82) is 0 Å². The van der Waals surface area contributed by atoms with Crippen molar-refractivity contribution >= 4 is 29.3 Å². The molecular formula is C18H17ClN2O2S. The molecule has 1 atom stereocenters. The Bertz CT molecular complexity index is 834. The maximum atomic E-state index is 12.2. The van der Waals surface area contributed by atoms with Crippen molar-refractivity contribution in [2.45, 2.75) is 6.04 Å². The Morgan fingerprint density at radius 1 is 1.33 bits per heavy atom. The topological polar surface area (TPSA) is 53.2 Å². The van der Waals surface area contributed by atoms with Crippen LogP contribution in [-0.4, -0.2) is 33.8 Å². The lowest BCUT2D eigenvalue weighted by atomic mass is 9.99. The number of aromatic amines is 1. The van der Waals surface area contributed by atoms with Crippen LogP contribution >= 0.6 is 23.4 Å². The van der Waals surface area contributed by atoms with Crippen LogP contribution in [0.4, 0.5) is 0 Å². The summed E-state index contributed by atoms with van der Waals surface area (Å²) in [4.78, 5) is 28.2. The molecule has 2 heterocycles. The van der Waals surface area contributed by atoms with Gasteiger partial charge in [0.05, 0.1) is 6.04 Å². The average molecular weight is 361 g/mol. The number of H-pyrrole nitrogens is 1. The molecule has 0 bridgehead atoms. The van der Waals surface area contributed by atoms with E-state index in [9.17, 15) is 9.59 Å². The number of aromatic nitrogens is 1. The summed E-state index contributed by atoms with van der Waals surface area (Å²) in [5, 5.41) is 0.587. The molecule has 1 saturated heterocycles. The third-order valence-corrected chi connectivity index (χ3v) is 5.24. The highest BCUT2D eigenvalue weighted by molar-refractivity contribution is 7.99. The molecule has 0 radical (unpaired) electrons. The molecular weight excluding hydrogens is 344 g/mol. The number of amides is 1. The van der Waals surface area contributed by atoms with E-state index in [4.69, 9.17) is 11.6 Å². The lowest BCUT2D eigenvalue weighted by molar-refractivity contribution is -0.127. The molecule has 124 valence electrons. The van der Waals surface area contributed by atoms with Gasteiger partial charge in [-0.3, -0.25) is 9.59 Å². The van der Waals surface area contributed by atoms with Crippen LogP contribution in [0.5, 0.6) is 0 Å². The van der Waals surface area contributed by atoms with Gasteiger partial charge in [0.25, 0.3) is 0 Å². The Hall–Kier alpha value is -1.98. The fourth-order valence-corrected chi connectivity index (χ4v) is 4.19. The zero-order chi connectivity index (χ0) is 17.1. The van der Waals surface area contributed by atoms with Gasteiger partial charge in [-0.05, 0) is 47.0 Å². The van der Waals surface area contributed by atoms with E-state index < -0.39 is 0 Å². The van der Waals surface area contributed by atoms with Crippen LogP contribution in [-0.2, 0) is 4.79 Å². The molecule has 1 aliphatic rings. The monoisotopic (exact) mass is 360 g/mol. The van der Waals surface area contributed by atoms with Gasteiger partial charge in [0.2, 0.25) is 11.5 Å². The van der Waals surface area contributed by atoms with Crippen LogP contribution in [0.15, 0.2) is 54.0 Å². The van der Waals surface area contributed by atoms with Gasteiger partial charge in [-0.2, -0.15) is 11.8 Å². The number of hydrogen-bond acceptors (Lipinski definition) is 3. The molecule has 1 N–H and O–H groups in total. The Morgan fingerprint density at radius 3 is 2.92 bits per heavy atom. The number of pyridine rings is 1. The first kappa shape index (κ1) is 16.9. The molecule has 4 nitrogen and oxygen atoms in total. The van der Waals surface area contributed by atoms with Crippen molar-refractivity contribution in [3.63, 3.8) is 0 Å². The zero-order valence-electron chi connectivity index (χ0n) is 13.0. The van der Waals surface area contributed by atoms with Gasteiger partial charge in [0.1, 0.15) is 0 Å². The number of carbonyl (C=O) groups is 1. The first-order valence-corrected chi connectivity index (χ1v) is 9.12. The third-order valence-electron chi connectivity index (χ3n) is 4.00. The summed E-state index contributed by atoms with van der Waals surface area (Å²) in [5.74, 6) is 1.66. The van der Waals surface area contributed by atoms with E-state index in [1.54, 1.807) is 6.20 Å². The predicted molar refractivity (Wildman–Crippen MR) is 99.5 cm³/mol. The molecule has 1 aromatic carbocycles. The van der Waals surface area contributed by atoms with Crippen molar-refractivity contribution < 1.29 is 4.79 Å². The molecule has 6 heteroatoms. The summed E-state index contributed by atoms with van der Waals surface area (Å²) in [5.41, 5.74) is 2.48. The summed E-state index contributed by atoms with van der Waals surface area (Å²) >= 11 is 8.12. The van der Waals surface area contributed by atoms with Gasteiger partial charge < -0.3 is 9.88 Å². The minimum atomic E-state index is -0.161. The quantitative estimate of drug-likeness (QED) is 0.852. The van der Waals surface area contributed by atoms with Crippen LogP contribution in [0.2, 0.25) is 5.02 Å². The second kappa shape index (κ2) is 7.28. The summed E-state index contributed by atoms with van der Waals surface area (Å²) in [6.45, 7) is 4.28. The largest absolute Gasteiger partial charge is 0.330 e. The van der Waals surface area contributed by atoms with Gasteiger partial charge in [0, 0.05) is 35.3 Å². The Kier molecular flexibility index (Phi) is 5.11. The van der Waals surface area contributed by atoms with Gasteiger partial charge >= 0.3 is 0 Å². The van der Waals surface area contributed by atoms with E-state index in [0.717, 1.165) is 28.2 Å². The van der Waals surface area contributed by atoms with E-state index in [0.29, 0.717) is 11.6 Å². The highest BCUT2D eigenvalue weighted by Gasteiger charge is 2.27. The van der Waals surface area contributed by atoms with Crippen LogP contribution in [0.1, 0.15) is 11.6 Å². The van der Waals surface area contributed by atoms with E-state index in [-0.39, 0.29) is 17.5 Å². The van der Waals surface area contributed by atoms with Crippen molar-refractivity contribution in [3.05, 3.63) is 70.1 Å². The molecule has 1 aliphatic heterocycles. The predicted octanol–water partition coefficient (Wildman–Crippen LogP) is 3.50. The maximum Gasteiger partial charge on any atom is 0.248 e. The van der Waals surface area contributed by atoms with Gasteiger partial charge in [0.15, 0.2) is 0 Å². The Balaban J connectivity index is 2.03. The van der Waals surface area contributed by atoms with E-state index in [1.165, 1.54) is 12.1 Å². The zero-order valence-corrected chi connectivity index (χ0v) is 14.6. The standard InChI is InChI=1S/C18H17ClN2O2S/c1-2-18(23)21-5-6-24-11-16(21)14-7-13(8-15(19)9-14)12-3-4-20-17(22)10-12/h2-4,7-10,16H,1,5-6,11H2,(H,20,22). The van der Waals surface area contributed by atoms with Crippen LogP contribution < -0.4 is 5.56 Å². The molecule has 3 rings (SSSR count). The minimum Gasteiger partial charge on any atom is -0.330 e. The van der Waals surface area contributed by atoms with Crippen molar-refractivity contribution in [1.82, 2.24) is 9.88 Å². The molecule has 1 aromatic heterocycles. The summed E-state index contributed by atoms with van der Waals surface area (Å²) < 4.78 is 0. The van der Waals surface area contributed by atoms with Gasteiger partial charge in [-0.1, -0.05) is 18.2 Å². The highest BCUT2D eigenvalue weighted by Crippen LogP contribution is 2.34. The fourth-order valence-electron chi connectivity index (χ4n) is 2.86. The lowest BCUT2D eigenvalue weighted by Crippen LogP contribution is -2.39. The molecule has 1 fully saturated rings.